The first kappa shape index (κ1) is 20.3. The fourth-order valence-electron chi connectivity index (χ4n) is 2.83. The van der Waals surface area contributed by atoms with E-state index in [-0.39, 0.29) is 11.7 Å². The lowest BCUT2D eigenvalue weighted by Crippen LogP contribution is -2.35. The van der Waals surface area contributed by atoms with Gasteiger partial charge in [-0.2, -0.15) is 5.10 Å². The zero-order valence-corrected chi connectivity index (χ0v) is 17.1. The van der Waals surface area contributed by atoms with Crippen LogP contribution in [0.25, 0.3) is 0 Å². The predicted octanol–water partition coefficient (Wildman–Crippen LogP) is 2.76. The van der Waals surface area contributed by atoms with E-state index in [1.807, 2.05) is 12.1 Å². The van der Waals surface area contributed by atoms with E-state index in [0.29, 0.717) is 21.3 Å². The number of amides is 1. The van der Waals surface area contributed by atoms with E-state index in [0.717, 1.165) is 38.4 Å². The molecular formula is C20H22BrN3O4. The summed E-state index contributed by atoms with van der Waals surface area (Å²) in [4.78, 5) is 14.6. The van der Waals surface area contributed by atoms with Crippen LogP contribution < -0.4 is 10.2 Å². The standard InChI is InChI=1S/C20H22BrN3O4/c1-27-18-11-15(10-17(21)19(18)25)12-22-23-20(26)16-4-2-14(3-5-16)13-24-6-8-28-9-7-24/h2-5,10-12,25H,6-9,13H2,1H3,(H,23,26)/b22-12+. The van der Waals surface area contributed by atoms with Crippen molar-refractivity contribution in [2.24, 2.45) is 5.10 Å². The average molecular weight is 448 g/mol. The van der Waals surface area contributed by atoms with E-state index in [9.17, 15) is 9.90 Å². The van der Waals surface area contributed by atoms with Gasteiger partial charge in [-0.3, -0.25) is 9.69 Å². The van der Waals surface area contributed by atoms with E-state index in [2.05, 4.69) is 31.4 Å². The van der Waals surface area contributed by atoms with Crippen LogP contribution in [0.1, 0.15) is 21.5 Å². The van der Waals surface area contributed by atoms with Gasteiger partial charge in [0.25, 0.3) is 5.91 Å². The first-order valence-electron chi connectivity index (χ1n) is 8.86. The van der Waals surface area contributed by atoms with Crippen LogP contribution in [-0.4, -0.2) is 55.5 Å². The molecule has 0 aromatic heterocycles. The Morgan fingerprint density at radius 3 is 2.71 bits per heavy atom. The van der Waals surface area contributed by atoms with Gasteiger partial charge < -0.3 is 14.6 Å². The maximum absolute atomic E-state index is 12.3. The second-order valence-electron chi connectivity index (χ2n) is 6.34. The van der Waals surface area contributed by atoms with Gasteiger partial charge in [-0.15, -0.1) is 0 Å². The summed E-state index contributed by atoms with van der Waals surface area (Å²) in [6.07, 6.45) is 1.48. The van der Waals surface area contributed by atoms with Crippen molar-refractivity contribution < 1.29 is 19.4 Å². The first-order valence-corrected chi connectivity index (χ1v) is 9.65. The third kappa shape index (κ3) is 5.31. The van der Waals surface area contributed by atoms with Crippen molar-refractivity contribution in [3.05, 3.63) is 57.6 Å². The van der Waals surface area contributed by atoms with Gasteiger partial charge in [0, 0.05) is 25.2 Å². The lowest BCUT2D eigenvalue weighted by molar-refractivity contribution is 0.0342. The molecule has 0 aliphatic carbocycles. The summed E-state index contributed by atoms with van der Waals surface area (Å²) in [5.74, 6) is 0.0397. The minimum Gasteiger partial charge on any atom is -0.503 e. The highest BCUT2D eigenvalue weighted by atomic mass is 79.9. The van der Waals surface area contributed by atoms with Crippen LogP contribution in [0.2, 0.25) is 0 Å². The van der Waals surface area contributed by atoms with Crippen molar-refractivity contribution >= 4 is 28.1 Å². The molecule has 1 amide bonds. The molecule has 1 aliphatic heterocycles. The first-order chi connectivity index (χ1) is 13.6. The van der Waals surface area contributed by atoms with E-state index in [1.54, 1.807) is 24.3 Å². The van der Waals surface area contributed by atoms with Gasteiger partial charge in [-0.1, -0.05) is 12.1 Å². The number of phenolic OH excluding ortho intramolecular Hbond substituents is 1. The highest BCUT2D eigenvalue weighted by Gasteiger charge is 2.11. The number of aromatic hydroxyl groups is 1. The number of phenols is 1. The van der Waals surface area contributed by atoms with Gasteiger partial charge in [-0.05, 0) is 51.3 Å². The highest BCUT2D eigenvalue weighted by molar-refractivity contribution is 9.10. The molecule has 1 aliphatic rings. The van der Waals surface area contributed by atoms with Crippen LogP contribution in [0.4, 0.5) is 0 Å². The summed E-state index contributed by atoms with van der Waals surface area (Å²) in [6.45, 7) is 4.23. The monoisotopic (exact) mass is 447 g/mol. The zero-order valence-electron chi connectivity index (χ0n) is 15.5. The predicted molar refractivity (Wildman–Crippen MR) is 110 cm³/mol. The number of hydrogen-bond donors (Lipinski definition) is 2. The summed E-state index contributed by atoms with van der Waals surface area (Å²) in [5.41, 5.74) is 4.86. The molecule has 1 heterocycles. The molecular weight excluding hydrogens is 426 g/mol. The average Bonchev–Trinajstić information content (AvgIpc) is 2.71. The Morgan fingerprint density at radius 1 is 1.32 bits per heavy atom. The van der Waals surface area contributed by atoms with Crippen molar-refractivity contribution in [1.82, 2.24) is 10.3 Å². The van der Waals surface area contributed by atoms with Gasteiger partial charge in [-0.25, -0.2) is 5.43 Å². The van der Waals surface area contributed by atoms with Crippen LogP contribution in [0.3, 0.4) is 0 Å². The Bertz CT molecular complexity index is 849. The van der Waals surface area contributed by atoms with Crippen LogP contribution in [0, 0.1) is 0 Å². The Balaban J connectivity index is 1.57. The van der Waals surface area contributed by atoms with Crippen LogP contribution in [0.15, 0.2) is 46.0 Å². The quantitative estimate of drug-likeness (QED) is 0.525. The zero-order chi connectivity index (χ0) is 19.9. The molecule has 0 atom stereocenters. The van der Waals surface area contributed by atoms with E-state index in [4.69, 9.17) is 9.47 Å². The molecule has 7 nitrogen and oxygen atoms in total. The third-order valence-corrected chi connectivity index (χ3v) is 4.98. The molecule has 0 bridgehead atoms. The molecule has 0 radical (unpaired) electrons. The van der Waals surface area contributed by atoms with Crippen molar-refractivity contribution in [1.29, 1.82) is 0 Å². The number of morpholine rings is 1. The number of nitrogens with zero attached hydrogens (tertiary/aromatic N) is 2. The molecule has 148 valence electrons. The Labute approximate surface area is 172 Å². The molecule has 0 saturated carbocycles. The minimum absolute atomic E-state index is 0.0147. The normalized spacial score (nSPS) is 14.9. The Kier molecular flexibility index (Phi) is 7.02. The number of carbonyl (C=O) groups excluding carboxylic acids is 1. The third-order valence-electron chi connectivity index (χ3n) is 4.38. The van der Waals surface area contributed by atoms with Crippen molar-refractivity contribution in [3.8, 4) is 11.5 Å². The summed E-state index contributed by atoms with van der Waals surface area (Å²) in [7, 11) is 1.47. The maximum Gasteiger partial charge on any atom is 0.271 e. The second kappa shape index (κ2) is 9.68. The maximum atomic E-state index is 12.3. The summed E-state index contributed by atoms with van der Waals surface area (Å²) in [5, 5.41) is 13.8. The molecule has 1 saturated heterocycles. The second-order valence-corrected chi connectivity index (χ2v) is 7.19. The Hall–Kier alpha value is -2.42. The number of rotatable bonds is 6. The molecule has 3 rings (SSSR count). The lowest BCUT2D eigenvalue weighted by Gasteiger charge is -2.26. The fraction of sp³-hybridized carbons (Fsp3) is 0.300. The van der Waals surface area contributed by atoms with Crippen molar-refractivity contribution in [2.45, 2.75) is 6.54 Å². The van der Waals surface area contributed by atoms with Gasteiger partial charge in [0.15, 0.2) is 11.5 Å². The molecule has 0 unspecified atom stereocenters. The van der Waals surface area contributed by atoms with Crippen LogP contribution in [0.5, 0.6) is 11.5 Å². The Morgan fingerprint density at radius 2 is 2.04 bits per heavy atom. The smallest absolute Gasteiger partial charge is 0.271 e. The number of hydrogen-bond acceptors (Lipinski definition) is 6. The summed E-state index contributed by atoms with van der Waals surface area (Å²) < 4.78 is 10.9. The van der Waals surface area contributed by atoms with Crippen LogP contribution >= 0.6 is 15.9 Å². The van der Waals surface area contributed by atoms with Crippen LogP contribution in [-0.2, 0) is 11.3 Å². The van der Waals surface area contributed by atoms with Gasteiger partial charge in [0.05, 0.1) is 31.0 Å². The number of halogens is 1. The van der Waals surface area contributed by atoms with Gasteiger partial charge in [0.2, 0.25) is 0 Å². The topological polar surface area (TPSA) is 83.4 Å². The number of hydrazone groups is 1. The molecule has 8 heteroatoms. The number of carbonyl (C=O) groups is 1. The van der Waals surface area contributed by atoms with Crippen molar-refractivity contribution in [2.75, 3.05) is 33.4 Å². The summed E-state index contributed by atoms with van der Waals surface area (Å²) in [6, 6.07) is 10.8. The minimum atomic E-state index is -0.293. The van der Waals surface area contributed by atoms with E-state index >= 15 is 0 Å². The van der Waals surface area contributed by atoms with Gasteiger partial charge in [0.1, 0.15) is 0 Å². The highest BCUT2D eigenvalue weighted by Crippen LogP contribution is 2.34. The molecule has 2 aromatic carbocycles. The molecule has 28 heavy (non-hydrogen) atoms. The fourth-order valence-corrected chi connectivity index (χ4v) is 3.29. The number of benzene rings is 2. The molecule has 2 N–H and O–H groups in total. The molecule has 0 spiro atoms. The molecule has 1 fully saturated rings. The van der Waals surface area contributed by atoms with Crippen molar-refractivity contribution in [3.63, 3.8) is 0 Å². The SMILES string of the molecule is COc1cc(/C=N/NC(=O)c2ccc(CN3CCOCC3)cc2)cc(Br)c1O. The molecule has 2 aromatic rings. The lowest BCUT2D eigenvalue weighted by atomic mass is 10.1. The largest absolute Gasteiger partial charge is 0.503 e. The number of ether oxygens (including phenoxy) is 2. The van der Waals surface area contributed by atoms with E-state index < -0.39 is 0 Å². The summed E-state index contributed by atoms with van der Waals surface area (Å²) >= 11 is 3.25. The number of nitrogens with one attached hydrogen (secondary N) is 1. The number of methoxy groups -OCH3 is 1. The van der Waals surface area contributed by atoms with Gasteiger partial charge >= 0.3 is 0 Å². The van der Waals surface area contributed by atoms with E-state index in [1.165, 1.54) is 13.3 Å².